The molecule has 1 aliphatic carbocycles. The molecule has 11 aromatic rings. The first-order valence-corrected chi connectivity index (χ1v) is 51.4. The monoisotopic (exact) mass is 2070 g/mol. The van der Waals surface area contributed by atoms with E-state index in [-0.39, 0.29) is 146 Å². The van der Waals surface area contributed by atoms with Gasteiger partial charge >= 0.3 is 30.2 Å². The van der Waals surface area contributed by atoms with E-state index in [1.807, 2.05) is 89.0 Å². The first-order valence-electron chi connectivity index (χ1n) is 51.4. The number of aromatic nitrogens is 17. The topological polar surface area (TPSA) is 481 Å². The number of halogens is 4. The quantitative estimate of drug-likeness (QED) is 0.0140. The molecule has 0 aromatic carbocycles. The third-order valence-corrected chi connectivity index (χ3v) is 28.6. The number of allylic oxidation sites excluding steroid dienone is 2. The minimum Gasteiger partial charge on any atom is -0.496 e. The molecule has 1 unspecified atom stereocenters. The normalized spacial score (nSPS) is 18.8. The maximum absolute atomic E-state index is 14.3. The summed E-state index contributed by atoms with van der Waals surface area (Å²) in [5.41, 5.74) is 19.4. The van der Waals surface area contributed by atoms with Gasteiger partial charge < -0.3 is 99.0 Å². The number of likely N-dealkylation sites (tertiary alicyclic amines) is 1. The number of H-pyrrole nitrogens is 3. The van der Waals surface area contributed by atoms with Crippen LogP contribution < -0.4 is 70.1 Å². The van der Waals surface area contributed by atoms with Crippen LogP contribution in [0.25, 0.3) is 38.7 Å². The number of ketones is 1. The summed E-state index contributed by atoms with van der Waals surface area (Å²) in [6, 6.07) is 16.5. The fourth-order valence-corrected chi connectivity index (χ4v) is 19.7. The van der Waals surface area contributed by atoms with Crippen LogP contribution in [0.1, 0.15) is 234 Å². The number of rotatable bonds is 37. The number of methoxy groups -OCH3 is 5. The molecule has 0 spiro atoms. The number of hydrogen-bond acceptors (Lipinski definition) is 34. The predicted octanol–water partition coefficient (Wildman–Crippen LogP) is 13.5. The highest BCUT2D eigenvalue weighted by Gasteiger charge is 2.47. The van der Waals surface area contributed by atoms with Crippen LogP contribution in [-0.2, 0) is 25.4 Å². The minimum absolute atomic E-state index is 0.00806. The van der Waals surface area contributed by atoms with E-state index in [0.717, 1.165) is 166 Å². The number of alkyl halides is 4. The summed E-state index contributed by atoms with van der Waals surface area (Å²) in [7, 11) is 8.20. The number of carbonyl (C=O) groups excluding carboxylic acids is 4. The van der Waals surface area contributed by atoms with Crippen LogP contribution >= 0.6 is 0 Å². The molecule has 6 aliphatic heterocycles. The maximum Gasteiger partial charge on any atom is 0.408 e. The van der Waals surface area contributed by atoms with Gasteiger partial charge in [-0.2, -0.15) is 63.2 Å². The van der Waals surface area contributed by atoms with Crippen molar-refractivity contribution in [2.24, 2.45) is 29.2 Å². The lowest BCUT2D eigenvalue weighted by Crippen LogP contribution is -2.64. The Bertz CT molecular complexity index is 6370. The average Bonchev–Trinajstić information content (AvgIpc) is 1.54. The molecular weight excluding hydrogens is 1930 g/mol. The van der Waals surface area contributed by atoms with Gasteiger partial charge in [0.05, 0.1) is 70.0 Å². The number of piperidine rings is 4. The molecule has 3 amide bonds. The molecule has 18 rings (SSSR count). The van der Waals surface area contributed by atoms with Crippen LogP contribution in [0.15, 0.2) is 97.7 Å². The van der Waals surface area contributed by atoms with Gasteiger partial charge in [-0.1, -0.05) is 40.2 Å². The van der Waals surface area contributed by atoms with Crippen molar-refractivity contribution in [2.75, 3.05) is 160 Å². The van der Waals surface area contributed by atoms with Crippen molar-refractivity contribution >= 4 is 85.4 Å². The predicted molar refractivity (Wildman–Crippen MR) is 553 cm³/mol. The molecule has 6 saturated heterocycles. The highest BCUT2D eigenvalue weighted by Crippen LogP contribution is 2.45. The molecule has 0 saturated carbocycles. The molecule has 9 atom stereocenters. The van der Waals surface area contributed by atoms with Crippen molar-refractivity contribution in [2.45, 2.75) is 224 Å². The number of nitrogens with zero attached hydrogens (tertiary/aromatic N) is 19. The van der Waals surface area contributed by atoms with Gasteiger partial charge in [0, 0.05) is 200 Å². The number of ether oxygens (including phenoxy) is 10. The summed E-state index contributed by atoms with van der Waals surface area (Å²) in [6.45, 7) is 26.7. The van der Waals surface area contributed by atoms with Crippen LogP contribution in [-0.4, -0.2) is 308 Å². The van der Waals surface area contributed by atoms with Gasteiger partial charge in [0.1, 0.15) is 94.2 Å². The van der Waals surface area contributed by atoms with Crippen molar-refractivity contribution in [3.05, 3.63) is 149 Å². The number of anilines is 4. The first-order chi connectivity index (χ1) is 71.6. The molecule has 40 nitrogen and oxygen atoms in total. The smallest absolute Gasteiger partial charge is 0.408 e. The van der Waals surface area contributed by atoms with E-state index in [0.29, 0.717) is 98.0 Å². The fourth-order valence-electron chi connectivity index (χ4n) is 19.7. The molecule has 7 aliphatic rings. The molecule has 0 bridgehead atoms. The van der Waals surface area contributed by atoms with Gasteiger partial charge in [0.2, 0.25) is 0 Å². The summed E-state index contributed by atoms with van der Waals surface area (Å²) in [5.74, 6) is 4.37. The third-order valence-electron chi connectivity index (χ3n) is 28.6. The number of nitrogens with two attached hydrogens (primary N) is 2. The van der Waals surface area contributed by atoms with Gasteiger partial charge in [-0.05, 0) is 177 Å². The third kappa shape index (κ3) is 27.5. The average molecular weight is 2070 g/mol. The lowest BCUT2D eigenvalue weighted by Gasteiger charge is -2.43. The highest BCUT2D eigenvalue weighted by atomic mass is 19.4. The van der Waals surface area contributed by atoms with Crippen molar-refractivity contribution in [1.82, 2.24) is 101 Å². The molecule has 149 heavy (non-hydrogen) atoms. The van der Waals surface area contributed by atoms with Crippen molar-refractivity contribution in [1.29, 1.82) is 0 Å². The van der Waals surface area contributed by atoms with Crippen LogP contribution in [0.4, 0.5) is 40.8 Å². The summed E-state index contributed by atoms with van der Waals surface area (Å²) < 4.78 is 110. The Kier molecular flexibility index (Phi) is 36.8. The molecule has 802 valence electrons. The molecular formula is C105H140F4N26O14. The summed E-state index contributed by atoms with van der Waals surface area (Å²) >= 11 is 0. The lowest BCUT2D eigenvalue weighted by atomic mass is 9.83. The number of pyridine rings is 4. The zero-order valence-corrected chi connectivity index (χ0v) is 87.6. The van der Waals surface area contributed by atoms with Crippen LogP contribution in [0.5, 0.6) is 35.5 Å². The first kappa shape index (κ1) is 110. The number of aromatic amines is 3. The standard InChI is InChI=1S/C28H40N6O4.C27H38N6O4.C25H30F3N7O3.C25H32FN7O3/c1-17(16-36-5)38-27-32-22(26(35)31-18(2)28(3,4)29)15-24(33-27)34-13-10-19(11-14-34)20-7-8-21-25(20)23(37-6)9-12-30-21;1-7-16(2)12-21(34)20-13-23(30-27(29-20)37-18(4)15-35-5)33-11-9-19(17(3)14-33)25-24-22(36-6)8-10-28-26(24)32-31-25;1-2-19(25(26,27)28)31-23(36)18-13-20(32-24(30-18)38-14-16-5-4-12-37-16)35-10-7-15(8-11-35)21-17-6-3-9-29-22(17)34-33-21;1-16(12-35-2)36-24-30-20(23(34)33-14-25(26,13-27)15-33)10-21(31-24)32-8-5-17(6-9-32)19-11-29-22-18(19)4-3-7-28-22/h7,9,12,15,17-19H,8,10-11,13-14,16,29H2,1-6H3,(H,31,35);8,10,13,16-19H,7,9,11-12,14-15H2,1-6H3,(H,28,31,32);3,6,9,13,15-16,19H,2,4-5,7-8,10-12,14H2,1H3,(H,31,36)(H,29,33,34);3-4,7,10-11,16-17H,5-6,8-9,12-15,27H2,1-2H3,(H,28,29)/t17-,18?;16-,17-,18-,19-;16-,19-;16-/m1111/s1. The van der Waals surface area contributed by atoms with Crippen molar-refractivity contribution < 1.29 is 84.1 Å². The highest BCUT2D eigenvalue weighted by molar-refractivity contribution is 5.96. The van der Waals surface area contributed by atoms with Crippen LogP contribution in [0.2, 0.25) is 0 Å². The zero-order chi connectivity index (χ0) is 106. The number of fused-ring (bicyclic) bond motifs is 4. The van der Waals surface area contributed by atoms with E-state index in [4.69, 9.17) is 63.8 Å². The van der Waals surface area contributed by atoms with Gasteiger partial charge in [-0.3, -0.25) is 34.4 Å². The van der Waals surface area contributed by atoms with Crippen molar-refractivity contribution in [3.8, 4) is 35.5 Å². The summed E-state index contributed by atoms with van der Waals surface area (Å²) in [5, 5.41) is 23.1. The number of carbonyl (C=O) groups is 4. The summed E-state index contributed by atoms with van der Waals surface area (Å²) in [6.07, 6.45) is 15.8. The minimum atomic E-state index is -4.56. The number of amides is 3. The number of nitrogens with one attached hydrogen (secondary N) is 5. The Morgan fingerprint density at radius 1 is 0.584 bits per heavy atom. The molecule has 44 heteroatoms. The SMILES string of the molecule is CC[C@@H](C)CC(=O)c1cc(N2CC[C@@H](c3[nH]nc4nccc(OC)c34)[C@H](C)C2)nc(O[C@H](C)COC)n1.CC[C@@H](NC(=O)c1cc(N2CCC(c3[nH]nc4ncccc34)CC2)nc(OC[C@H]2CCCO2)n1)C(F)(F)F.COC[C@@H](C)Oc1nc(C(=O)N2CC(F)(CN)C2)cc(N2CCC(c3c[nH]c4ncccc34)CC2)n1.COC[C@@H](C)Oc1nc(C(=O)NC(C)C(C)(C)N)cc(N2CCC(C3=CCc4nccc(OC)c43)CC2)n1. The molecule has 0 radical (unpaired) electrons. The van der Waals surface area contributed by atoms with E-state index in [1.165, 1.54) is 29.0 Å². The fraction of sp³-hybridized carbons (Fsp3) is 0.562. The van der Waals surface area contributed by atoms with E-state index in [9.17, 15) is 36.7 Å². The Morgan fingerprint density at radius 3 is 1.67 bits per heavy atom. The van der Waals surface area contributed by atoms with Crippen LogP contribution in [0, 0.1) is 17.8 Å². The van der Waals surface area contributed by atoms with E-state index in [2.05, 4.69) is 145 Å². The second kappa shape index (κ2) is 49.9. The van der Waals surface area contributed by atoms with E-state index < -0.39 is 29.3 Å². The molecule has 17 heterocycles. The van der Waals surface area contributed by atoms with Gasteiger partial charge in [0.15, 0.2) is 22.7 Å². The zero-order valence-electron chi connectivity index (χ0n) is 87.6. The van der Waals surface area contributed by atoms with Gasteiger partial charge in [-0.25, -0.2) is 19.3 Å². The Balaban J connectivity index is 0.000000149. The summed E-state index contributed by atoms with van der Waals surface area (Å²) in [4.78, 5) is 119. The number of Topliss-reactive ketones (excluding diaryl/α,β-unsaturated/α-hetero) is 1. The Labute approximate surface area is 864 Å². The van der Waals surface area contributed by atoms with Crippen LogP contribution in [0.3, 0.4) is 0 Å². The van der Waals surface area contributed by atoms with Gasteiger partial charge in [0.25, 0.3) is 17.7 Å². The van der Waals surface area contributed by atoms with Crippen molar-refractivity contribution in [3.63, 3.8) is 0 Å². The second-order valence-corrected chi connectivity index (χ2v) is 40.1. The Morgan fingerprint density at radius 2 is 1.10 bits per heavy atom. The number of hydrogen-bond donors (Lipinski definition) is 7. The van der Waals surface area contributed by atoms with Gasteiger partial charge in [-0.15, -0.1) is 0 Å². The molecule has 9 N–H and O–H groups in total. The second-order valence-electron chi connectivity index (χ2n) is 40.1. The molecule has 11 aromatic heterocycles. The molecule has 6 fully saturated rings. The largest absolute Gasteiger partial charge is 0.496 e. The van der Waals surface area contributed by atoms with E-state index in [1.54, 1.807) is 66.3 Å². The maximum atomic E-state index is 14.3. The van der Waals surface area contributed by atoms with E-state index >= 15 is 0 Å². The lowest BCUT2D eigenvalue weighted by molar-refractivity contribution is -0.153. The Hall–Kier alpha value is -13.3.